The van der Waals surface area contributed by atoms with Crippen LogP contribution in [0, 0.1) is 25.2 Å². The molecule has 0 radical (unpaired) electrons. The minimum atomic E-state index is 0.160. The fourth-order valence-electron chi connectivity index (χ4n) is 3.64. The molecule has 26 heavy (non-hydrogen) atoms. The van der Waals surface area contributed by atoms with Gasteiger partial charge in [-0.2, -0.15) is 5.26 Å². The SMILES string of the molecule is CCN1CCC[C@@H](Nc2nnc(-c3c(C)cc(C)cc3O)cc2C#N)C1. The van der Waals surface area contributed by atoms with Gasteiger partial charge in [0, 0.05) is 18.2 Å². The number of piperidine rings is 1. The summed E-state index contributed by atoms with van der Waals surface area (Å²) in [6.45, 7) is 9.11. The number of phenols is 1. The normalized spacial score (nSPS) is 17.7. The highest BCUT2D eigenvalue weighted by atomic mass is 16.3. The molecule has 1 aromatic heterocycles. The number of nitriles is 1. The topological polar surface area (TPSA) is 85.1 Å². The molecule has 0 unspecified atom stereocenters. The standard InChI is InChI=1S/C20H25N5O/c1-4-25-7-5-6-16(12-25)22-20-15(11-21)10-17(23-24-20)19-14(3)8-13(2)9-18(19)26/h8-10,16,26H,4-7,12H2,1-3H3,(H,22,24)/t16-/m1/s1. The maximum absolute atomic E-state index is 10.3. The van der Waals surface area contributed by atoms with Crippen LogP contribution in [0.2, 0.25) is 0 Å². The predicted molar refractivity (Wildman–Crippen MR) is 102 cm³/mol. The second kappa shape index (κ2) is 7.71. The second-order valence-corrected chi connectivity index (χ2v) is 6.96. The summed E-state index contributed by atoms with van der Waals surface area (Å²) in [5, 5.41) is 31.8. The first kappa shape index (κ1) is 18.2. The summed E-state index contributed by atoms with van der Waals surface area (Å²) < 4.78 is 0. The molecule has 136 valence electrons. The van der Waals surface area contributed by atoms with Gasteiger partial charge < -0.3 is 15.3 Å². The van der Waals surface area contributed by atoms with Crippen molar-refractivity contribution in [1.29, 1.82) is 5.26 Å². The molecule has 1 saturated heterocycles. The van der Waals surface area contributed by atoms with Gasteiger partial charge in [0.05, 0.1) is 11.3 Å². The van der Waals surface area contributed by atoms with Crippen LogP contribution < -0.4 is 5.32 Å². The van der Waals surface area contributed by atoms with E-state index < -0.39 is 0 Å². The number of aryl methyl sites for hydroxylation is 2. The molecule has 1 fully saturated rings. The molecule has 1 atom stereocenters. The van der Waals surface area contributed by atoms with Gasteiger partial charge in [-0.1, -0.05) is 13.0 Å². The highest BCUT2D eigenvalue weighted by Crippen LogP contribution is 2.33. The number of anilines is 1. The summed E-state index contributed by atoms with van der Waals surface area (Å²) in [6, 6.07) is 7.86. The third kappa shape index (κ3) is 3.78. The zero-order valence-electron chi connectivity index (χ0n) is 15.6. The number of nitrogens with one attached hydrogen (secondary N) is 1. The third-order valence-electron chi connectivity index (χ3n) is 4.92. The van der Waals surface area contributed by atoms with Crippen LogP contribution in [0.3, 0.4) is 0 Å². The lowest BCUT2D eigenvalue weighted by Crippen LogP contribution is -2.42. The number of benzene rings is 1. The summed E-state index contributed by atoms with van der Waals surface area (Å²) in [4.78, 5) is 2.39. The molecule has 1 aliphatic heterocycles. The molecule has 3 rings (SSSR count). The molecule has 6 nitrogen and oxygen atoms in total. The number of rotatable bonds is 4. The fourth-order valence-corrected chi connectivity index (χ4v) is 3.64. The Balaban J connectivity index is 1.88. The van der Waals surface area contributed by atoms with E-state index in [0.29, 0.717) is 22.6 Å². The van der Waals surface area contributed by atoms with Crippen molar-refractivity contribution in [3.8, 4) is 23.1 Å². The smallest absolute Gasteiger partial charge is 0.166 e. The molecule has 0 aliphatic carbocycles. The van der Waals surface area contributed by atoms with Crippen LogP contribution in [0.5, 0.6) is 5.75 Å². The van der Waals surface area contributed by atoms with Crippen LogP contribution in [0.25, 0.3) is 11.3 Å². The summed E-state index contributed by atoms with van der Waals surface area (Å²) >= 11 is 0. The van der Waals surface area contributed by atoms with Gasteiger partial charge in [0.2, 0.25) is 0 Å². The van der Waals surface area contributed by atoms with E-state index in [1.54, 1.807) is 12.1 Å². The molecule has 0 spiro atoms. The first-order chi connectivity index (χ1) is 12.5. The van der Waals surface area contributed by atoms with Gasteiger partial charge >= 0.3 is 0 Å². The van der Waals surface area contributed by atoms with Crippen LogP contribution in [0.4, 0.5) is 5.82 Å². The van der Waals surface area contributed by atoms with Gasteiger partial charge in [0.25, 0.3) is 0 Å². The number of aromatic hydroxyl groups is 1. The van der Waals surface area contributed by atoms with E-state index in [1.165, 1.54) is 0 Å². The Kier molecular flexibility index (Phi) is 5.38. The highest BCUT2D eigenvalue weighted by molar-refractivity contribution is 5.73. The zero-order chi connectivity index (χ0) is 18.7. The Labute approximate surface area is 154 Å². The van der Waals surface area contributed by atoms with Crippen molar-refractivity contribution < 1.29 is 5.11 Å². The number of likely N-dealkylation sites (tertiary alicyclic amines) is 1. The molecular weight excluding hydrogens is 326 g/mol. The Bertz CT molecular complexity index is 820. The average molecular weight is 351 g/mol. The van der Waals surface area contributed by atoms with E-state index >= 15 is 0 Å². The molecule has 0 bridgehead atoms. The quantitative estimate of drug-likeness (QED) is 0.880. The molecule has 1 aromatic carbocycles. The number of nitrogens with zero attached hydrogens (tertiary/aromatic N) is 4. The molecular formula is C20H25N5O. The maximum Gasteiger partial charge on any atom is 0.166 e. The van der Waals surface area contributed by atoms with Crippen molar-refractivity contribution in [3.63, 3.8) is 0 Å². The fraction of sp³-hybridized carbons (Fsp3) is 0.450. The van der Waals surface area contributed by atoms with E-state index in [1.807, 2.05) is 19.9 Å². The Morgan fingerprint density at radius 1 is 1.31 bits per heavy atom. The number of aromatic nitrogens is 2. The molecule has 0 saturated carbocycles. The van der Waals surface area contributed by atoms with Crippen LogP contribution in [-0.2, 0) is 0 Å². The first-order valence-electron chi connectivity index (χ1n) is 9.09. The van der Waals surface area contributed by atoms with Crippen LogP contribution >= 0.6 is 0 Å². The van der Waals surface area contributed by atoms with E-state index in [2.05, 4.69) is 33.4 Å². The summed E-state index contributed by atoms with van der Waals surface area (Å²) in [7, 11) is 0. The molecule has 2 aromatic rings. The number of phenolic OH excluding ortho intramolecular Hbond substituents is 1. The maximum atomic E-state index is 10.3. The lowest BCUT2D eigenvalue weighted by Gasteiger charge is -2.32. The van der Waals surface area contributed by atoms with Crippen LogP contribution in [0.1, 0.15) is 36.5 Å². The van der Waals surface area contributed by atoms with Crippen molar-refractivity contribution in [2.24, 2.45) is 0 Å². The van der Waals surface area contributed by atoms with Gasteiger partial charge in [-0.25, -0.2) is 0 Å². The Morgan fingerprint density at radius 3 is 2.81 bits per heavy atom. The largest absolute Gasteiger partial charge is 0.507 e. The van der Waals surface area contributed by atoms with Crippen molar-refractivity contribution in [3.05, 3.63) is 34.9 Å². The number of hydrogen-bond donors (Lipinski definition) is 2. The van der Waals surface area contributed by atoms with Crippen molar-refractivity contribution >= 4 is 5.82 Å². The van der Waals surface area contributed by atoms with Crippen molar-refractivity contribution in [2.75, 3.05) is 25.0 Å². The average Bonchev–Trinajstić information content (AvgIpc) is 2.62. The minimum absolute atomic E-state index is 0.160. The molecule has 2 heterocycles. The van der Waals surface area contributed by atoms with Gasteiger partial charge in [-0.15, -0.1) is 10.2 Å². The number of hydrogen-bond acceptors (Lipinski definition) is 6. The highest BCUT2D eigenvalue weighted by Gasteiger charge is 2.21. The Morgan fingerprint density at radius 2 is 2.12 bits per heavy atom. The van der Waals surface area contributed by atoms with E-state index in [4.69, 9.17) is 0 Å². The molecule has 0 amide bonds. The lowest BCUT2D eigenvalue weighted by atomic mass is 10.0. The summed E-state index contributed by atoms with van der Waals surface area (Å²) in [5.41, 5.74) is 3.48. The zero-order valence-corrected chi connectivity index (χ0v) is 15.6. The predicted octanol–water partition coefficient (Wildman–Crippen LogP) is 3.23. The van der Waals surface area contributed by atoms with Gasteiger partial charge in [0.15, 0.2) is 5.82 Å². The van der Waals surface area contributed by atoms with Crippen molar-refractivity contribution in [1.82, 2.24) is 15.1 Å². The van der Waals surface area contributed by atoms with Crippen LogP contribution in [-0.4, -0.2) is 45.9 Å². The minimum Gasteiger partial charge on any atom is -0.507 e. The van der Waals surface area contributed by atoms with E-state index in [0.717, 1.165) is 43.6 Å². The molecule has 6 heteroatoms. The van der Waals surface area contributed by atoms with E-state index in [9.17, 15) is 10.4 Å². The Hall–Kier alpha value is -2.65. The second-order valence-electron chi connectivity index (χ2n) is 6.96. The van der Waals surface area contributed by atoms with Crippen LogP contribution in [0.15, 0.2) is 18.2 Å². The summed E-state index contributed by atoms with van der Waals surface area (Å²) in [6.07, 6.45) is 2.19. The number of likely N-dealkylation sites (N-methyl/N-ethyl adjacent to an activating group) is 1. The molecule has 1 aliphatic rings. The first-order valence-corrected chi connectivity index (χ1v) is 9.09. The summed E-state index contributed by atoms with van der Waals surface area (Å²) in [5.74, 6) is 0.677. The van der Waals surface area contributed by atoms with Gasteiger partial charge in [-0.05, 0) is 63.0 Å². The third-order valence-corrected chi connectivity index (χ3v) is 4.92. The van der Waals surface area contributed by atoms with Gasteiger partial charge in [-0.3, -0.25) is 0 Å². The monoisotopic (exact) mass is 351 g/mol. The lowest BCUT2D eigenvalue weighted by molar-refractivity contribution is 0.226. The molecule has 2 N–H and O–H groups in total. The van der Waals surface area contributed by atoms with Gasteiger partial charge in [0.1, 0.15) is 11.8 Å². The van der Waals surface area contributed by atoms with E-state index in [-0.39, 0.29) is 11.8 Å². The van der Waals surface area contributed by atoms with Crippen molar-refractivity contribution in [2.45, 2.75) is 39.7 Å².